The van der Waals surface area contributed by atoms with Crippen LogP contribution in [-0.4, -0.2) is 54.9 Å². The number of thiazole rings is 1. The van der Waals surface area contributed by atoms with Gasteiger partial charge in [0.15, 0.2) is 0 Å². The highest BCUT2D eigenvalue weighted by Crippen LogP contribution is 2.27. The van der Waals surface area contributed by atoms with Crippen LogP contribution in [-0.2, 0) is 6.54 Å². The minimum atomic E-state index is -0.0228. The lowest BCUT2D eigenvalue weighted by atomic mass is 9.96. The Morgan fingerprint density at radius 1 is 1.29 bits per heavy atom. The van der Waals surface area contributed by atoms with Crippen molar-refractivity contribution in [3.8, 4) is 0 Å². The van der Waals surface area contributed by atoms with E-state index in [1.54, 1.807) is 23.7 Å². The van der Waals surface area contributed by atoms with E-state index in [1.807, 2.05) is 29.7 Å². The van der Waals surface area contributed by atoms with Crippen molar-refractivity contribution in [1.29, 1.82) is 0 Å². The largest absolute Gasteiger partial charge is 0.355 e. The summed E-state index contributed by atoms with van der Waals surface area (Å²) in [5, 5.41) is 5.09. The topological polar surface area (TPSA) is 88.8 Å². The number of imidazole rings is 1. The van der Waals surface area contributed by atoms with Gasteiger partial charge in [0.25, 0.3) is 5.91 Å². The molecule has 1 aliphatic heterocycles. The average Bonchev–Trinajstić information content (AvgIpc) is 3.41. The smallest absolute Gasteiger partial charge is 0.257 e. The standard InChI is InChI=1S/C19H23N7OS/c1-2-20-19-22-8-15(9-23-19)18(27)26-6-3-4-14(10-26)17-21-5-7-25(17)11-16-12-28-13-24-16/h5,7-9,12-14H,2-4,6,10-11H2,1H3,(H,20,22,23)/t14-/m1/s1. The number of carbonyl (C=O) groups excluding carboxylic acids is 1. The van der Waals surface area contributed by atoms with Crippen molar-refractivity contribution in [2.24, 2.45) is 0 Å². The first-order valence-corrected chi connectivity index (χ1v) is 10.4. The van der Waals surface area contributed by atoms with Gasteiger partial charge in [-0.1, -0.05) is 0 Å². The maximum absolute atomic E-state index is 12.9. The lowest BCUT2D eigenvalue weighted by Gasteiger charge is -2.32. The Balaban J connectivity index is 1.46. The van der Waals surface area contributed by atoms with Crippen LogP contribution in [0.5, 0.6) is 0 Å². The highest BCUT2D eigenvalue weighted by Gasteiger charge is 2.28. The number of nitrogens with zero attached hydrogens (tertiary/aromatic N) is 6. The number of hydrogen-bond donors (Lipinski definition) is 1. The van der Waals surface area contributed by atoms with Crippen LogP contribution >= 0.6 is 11.3 Å². The van der Waals surface area contributed by atoms with Gasteiger partial charge in [-0.2, -0.15) is 0 Å². The number of anilines is 1. The minimum Gasteiger partial charge on any atom is -0.355 e. The molecule has 8 nitrogen and oxygen atoms in total. The molecule has 4 heterocycles. The Kier molecular flexibility index (Phi) is 5.61. The van der Waals surface area contributed by atoms with E-state index in [4.69, 9.17) is 0 Å². The van der Waals surface area contributed by atoms with Gasteiger partial charge in [-0.25, -0.2) is 19.9 Å². The molecular formula is C19H23N7OS. The number of amides is 1. The lowest BCUT2D eigenvalue weighted by Crippen LogP contribution is -2.40. The molecule has 0 unspecified atom stereocenters. The molecule has 9 heteroatoms. The Labute approximate surface area is 167 Å². The second-order valence-electron chi connectivity index (χ2n) is 6.81. The molecule has 3 aromatic rings. The molecule has 0 aromatic carbocycles. The highest BCUT2D eigenvalue weighted by atomic mass is 32.1. The van der Waals surface area contributed by atoms with Gasteiger partial charge in [0.2, 0.25) is 5.95 Å². The Bertz CT molecular complexity index is 907. The van der Waals surface area contributed by atoms with E-state index in [9.17, 15) is 4.79 Å². The van der Waals surface area contributed by atoms with Crippen LogP contribution < -0.4 is 5.32 Å². The molecule has 1 fully saturated rings. The molecule has 0 spiro atoms. The third-order valence-corrected chi connectivity index (χ3v) is 5.51. The van der Waals surface area contributed by atoms with Gasteiger partial charge < -0.3 is 14.8 Å². The number of aromatic nitrogens is 5. The maximum atomic E-state index is 12.9. The van der Waals surface area contributed by atoms with E-state index in [0.29, 0.717) is 24.6 Å². The third-order valence-electron chi connectivity index (χ3n) is 4.87. The number of hydrogen-bond acceptors (Lipinski definition) is 7. The zero-order valence-electron chi connectivity index (χ0n) is 15.8. The molecule has 0 radical (unpaired) electrons. The molecule has 146 valence electrons. The second kappa shape index (κ2) is 8.47. The van der Waals surface area contributed by atoms with Gasteiger partial charge >= 0.3 is 0 Å². The molecule has 0 bridgehead atoms. The summed E-state index contributed by atoms with van der Waals surface area (Å²) in [5.74, 6) is 1.75. The number of nitrogens with one attached hydrogen (secondary N) is 1. The van der Waals surface area contributed by atoms with Crippen molar-refractivity contribution in [2.75, 3.05) is 25.0 Å². The summed E-state index contributed by atoms with van der Waals surface area (Å²) in [6, 6.07) is 0. The fourth-order valence-corrected chi connectivity index (χ4v) is 4.10. The Hall–Kier alpha value is -2.81. The van der Waals surface area contributed by atoms with Gasteiger partial charge in [-0.05, 0) is 19.8 Å². The Morgan fingerprint density at radius 2 is 2.14 bits per heavy atom. The van der Waals surface area contributed by atoms with Gasteiger partial charge in [-0.15, -0.1) is 11.3 Å². The summed E-state index contributed by atoms with van der Waals surface area (Å²) in [5.41, 5.74) is 3.40. The average molecular weight is 398 g/mol. The van der Waals surface area contributed by atoms with Crippen molar-refractivity contribution in [3.63, 3.8) is 0 Å². The van der Waals surface area contributed by atoms with E-state index in [0.717, 1.165) is 37.4 Å². The number of carbonyl (C=O) groups is 1. The van der Waals surface area contributed by atoms with Crippen molar-refractivity contribution in [2.45, 2.75) is 32.2 Å². The molecule has 1 N–H and O–H groups in total. The normalized spacial score (nSPS) is 16.9. The van der Waals surface area contributed by atoms with Crippen molar-refractivity contribution >= 4 is 23.2 Å². The van der Waals surface area contributed by atoms with E-state index < -0.39 is 0 Å². The summed E-state index contributed by atoms with van der Waals surface area (Å²) >= 11 is 1.59. The lowest BCUT2D eigenvalue weighted by molar-refractivity contribution is 0.0702. The van der Waals surface area contributed by atoms with Gasteiger partial charge in [-0.3, -0.25) is 4.79 Å². The highest BCUT2D eigenvalue weighted by molar-refractivity contribution is 7.07. The first-order valence-electron chi connectivity index (χ1n) is 9.48. The fraction of sp³-hybridized carbons (Fsp3) is 0.421. The molecule has 0 saturated carbocycles. The summed E-state index contributed by atoms with van der Waals surface area (Å²) in [4.78, 5) is 32.2. The zero-order chi connectivity index (χ0) is 19.3. The zero-order valence-corrected chi connectivity index (χ0v) is 16.6. The Morgan fingerprint density at radius 3 is 2.89 bits per heavy atom. The molecule has 1 atom stereocenters. The summed E-state index contributed by atoms with van der Waals surface area (Å²) in [7, 11) is 0. The van der Waals surface area contributed by atoms with Gasteiger partial charge in [0.05, 0.1) is 23.3 Å². The van der Waals surface area contributed by atoms with Crippen molar-refractivity contribution in [3.05, 3.63) is 52.8 Å². The molecule has 3 aromatic heterocycles. The van der Waals surface area contributed by atoms with Crippen LogP contribution in [0.4, 0.5) is 5.95 Å². The van der Waals surface area contributed by atoms with E-state index >= 15 is 0 Å². The third kappa shape index (κ3) is 4.04. The van der Waals surface area contributed by atoms with Crippen LogP contribution in [0, 0.1) is 0 Å². The molecular weight excluding hydrogens is 374 g/mol. The van der Waals surface area contributed by atoms with Crippen molar-refractivity contribution < 1.29 is 4.79 Å². The van der Waals surface area contributed by atoms with E-state index in [1.165, 1.54) is 0 Å². The van der Waals surface area contributed by atoms with Crippen LogP contribution in [0.2, 0.25) is 0 Å². The minimum absolute atomic E-state index is 0.0228. The number of likely N-dealkylation sites (tertiary alicyclic amines) is 1. The fourth-order valence-electron chi connectivity index (χ4n) is 3.55. The number of rotatable bonds is 6. The molecule has 28 heavy (non-hydrogen) atoms. The predicted octanol–water partition coefficient (Wildman–Crippen LogP) is 2.63. The number of piperidine rings is 1. The van der Waals surface area contributed by atoms with E-state index in [-0.39, 0.29) is 11.8 Å². The van der Waals surface area contributed by atoms with Crippen molar-refractivity contribution in [1.82, 2.24) is 29.4 Å². The molecule has 0 aliphatic carbocycles. The molecule has 1 amide bonds. The quantitative estimate of drug-likeness (QED) is 0.688. The van der Waals surface area contributed by atoms with Crippen LogP contribution in [0.15, 0.2) is 35.7 Å². The van der Waals surface area contributed by atoms with E-state index in [2.05, 4.69) is 35.2 Å². The van der Waals surface area contributed by atoms with Gasteiger partial charge in [0, 0.05) is 55.7 Å². The first-order chi connectivity index (χ1) is 13.7. The summed E-state index contributed by atoms with van der Waals surface area (Å²) < 4.78 is 2.14. The van der Waals surface area contributed by atoms with Crippen LogP contribution in [0.3, 0.4) is 0 Å². The first kappa shape index (κ1) is 18.5. The monoisotopic (exact) mass is 397 g/mol. The second-order valence-corrected chi connectivity index (χ2v) is 7.53. The van der Waals surface area contributed by atoms with Crippen LogP contribution in [0.25, 0.3) is 0 Å². The van der Waals surface area contributed by atoms with Crippen LogP contribution in [0.1, 0.15) is 47.6 Å². The SMILES string of the molecule is CCNc1ncc(C(=O)N2CCC[C@@H](c3nccn3Cc3cscn3)C2)cn1. The molecule has 1 aliphatic rings. The van der Waals surface area contributed by atoms with Gasteiger partial charge in [0.1, 0.15) is 5.82 Å². The summed E-state index contributed by atoms with van der Waals surface area (Å²) in [6.07, 6.45) is 8.99. The maximum Gasteiger partial charge on any atom is 0.257 e. The predicted molar refractivity (Wildman–Crippen MR) is 108 cm³/mol. The molecule has 1 saturated heterocycles. The summed E-state index contributed by atoms with van der Waals surface area (Å²) in [6.45, 7) is 4.84. The molecule has 4 rings (SSSR count).